The third-order valence-corrected chi connectivity index (χ3v) is 4.92. The maximum atomic E-state index is 11.0. The largest absolute Gasteiger partial charge is 0.477 e. The fourth-order valence-electron chi connectivity index (χ4n) is 2.45. The van der Waals surface area contributed by atoms with E-state index in [1.165, 1.54) is 10.9 Å². The first-order chi connectivity index (χ1) is 10.7. The Morgan fingerprint density at radius 1 is 1.27 bits per heavy atom. The van der Waals surface area contributed by atoms with Gasteiger partial charge < -0.3 is 14.9 Å². The van der Waals surface area contributed by atoms with Crippen LogP contribution < -0.4 is 9.80 Å². The lowest BCUT2D eigenvalue weighted by molar-refractivity contribution is 0.0690. The number of rotatable bonds is 4. The first kappa shape index (κ1) is 14.8. The van der Waals surface area contributed by atoms with Gasteiger partial charge in [-0.1, -0.05) is 13.0 Å². The van der Waals surface area contributed by atoms with Gasteiger partial charge in [0.15, 0.2) is 10.8 Å². The van der Waals surface area contributed by atoms with Gasteiger partial charge in [-0.3, -0.25) is 0 Å². The van der Waals surface area contributed by atoms with Crippen LogP contribution in [0.3, 0.4) is 0 Å². The molecule has 0 bridgehead atoms. The molecule has 0 amide bonds. The first-order valence-corrected chi connectivity index (χ1v) is 8.14. The van der Waals surface area contributed by atoms with Crippen molar-refractivity contribution in [2.45, 2.75) is 13.3 Å². The van der Waals surface area contributed by atoms with Gasteiger partial charge in [0, 0.05) is 37.3 Å². The van der Waals surface area contributed by atoms with Gasteiger partial charge in [0.1, 0.15) is 5.82 Å². The number of carboxylic acids is 1. The standard InChI is InChI=1S/C15H18N4O2S/c1-2-11-10-16-15(22-11)19-8-6-18(7-9-19)13-5-3-4-12(17-13)14(20)21/h3-5,10H,2,6-9H2,1H3,(H,20,21). The van der Waals surface area contributed by atoms with E-state index in [-0.39, 0.29) is 5.69 Å². The van der Waals surface area contributed by atoms with Crippen LogP contribution in [0.2, 0.25) is 0 Å². The highest BCUT2D eigenvalue weighted by Gasteiger charge is 2.20. The minimum atomic E-state index is -0.990. The number of aryl methyl sites for hydroxylation is 1. The summed E-state index contributed by atoms with van der Waals surface area (Å²) in [6.45, 7) is 5.51. The van der Waals surface area contributed by atoms with Crippen LogP contribution in [0, 0.1) is 0 Å². The molecular formula is C15H18N4O2S. The molecule has 0 atom stereocenters. The molecule has 7 heteroatoms. The maximum absolute atomic E-state index is 11.0. The summed E-state index contributed by atoms with van der Waals surface area (Å²) >= 11 is 1.75. The molecule has 22 heavy (non-hydrogen) atoms. The van der Waals surface area contributed by atoms with Crippen molar-refractivity contribution in [2.24, 2.45) is 0 Å². The SMILES string of the molecule is CCc1cnc(N2CCN(c3cccc(C(=O)O)n3)CC2)s1. The maximum Gasteiger partial charge on any atom is 0.354 e. The predicted octanol–water partition coefficient (Wildman–Crippen LogP) is 2.13. The molecule has 6 nitrogen and oxygen atoms in total. The van der Waals surface area contributed by atoms with Crippen LogP contribution in [-0.2, 0) is 6.42 Å². The van der Waals surface area contributed by atoms with Crippen LogP contribution >= 0.6 is 11.3 Å². The van der Waals surface area contributed by atoms with Crippen molar-refractivity contribution in [3.05, 3.63) is 35.0 Å². The average Bonchev–Trinajstić information content (AvgIpc) is 3.04. The van der Waals surface area contributed by atoms with Gasteiger partial charge in [0.25, 0.3) is 0 Å². The molecule has 0 radical (unpaired) electrons. The molecule has 1 aliphatic heterocycles. The van der Waals surface area contributed by atoms with Gasteiger partial charge >= 0.3 is 5.97 Å². The Balaban J connectivity index is 1.66. The normalized spacial score (nSPS) is 15.1. The predicted molar refractivity (Wildman–Crippen MR) is 87.1 cm³/mol. The van der Waals surface area contributed by atoms with Crippen molar-refractivity contribution in [2.75, 3.05) is 36.0 Å². The van der Waals surface area contributed by atoms with E-state index >= 15 is 0 Å². The van der Waals surface area contributed by atoms with Gasteiger partial charge in [-0.05, 0) is 18.6 Å². The highest BCUT2D eigenvalue weighted by Crippen LogP contribution is 2.24. The number of thiazole rings is 1. The Morgan fingerprint density at radius 3 is 2.64 bits per heavy atom. The van der Waals surface area contributed by atoms with Crippen LogP contribution in [0.5, 0.6) is 0 Å². The zero-order valence-electron chi connectivity index (χ0n) is 12.4. The number of pyridine rings is 1. The highest BCUT2D eigenvalue weighted by molar-refractivity contribution is 7.15. The zero-order valence-corrected chi connectivity index (χ0v) is 13.2. The Hall–Kier alpha value is -2.15. The van der Waals surface area contributed by atoms with Crippen LogP contribution in [0.1, 0.15) is 22.3 Å². The number of carboxylic acid groups (broad SMARTS) is 1. The van der Waals surface area contributed by atoms with E-state index in [4.69, 9.17) is 5.11 Å². The van der Waals surface area contributed by atoms with Gasteiger partial charge in [-0.15, -0.1) is 11.3 Å². The molecule has 3 rings (SSSR count). The van der Waals surface area contributed by atoms with Crippen molar-refractivity contribution in [1.29, 1.82) is 0 Å². The van der Waals surface area contributed by atoms with E-state index in [9.17, 15) is 4.79 Å². The first-order valence-electron chi connectivity index (χ1n) is 7.32. The number of carbonyl (C=O) groups is 1. The lowest BCUT2D eigenvalue weighted by Gasteiger charge is -2.35. The Kier molecular flexibility index (Phi) is 4.24. The molecule has 0 spiro atoms. The molecule has 1 N–H and O–H groups in total. The molecule has 0 aliphatic carbocycles. The third-order valence-electron chi connectivity index (χ3n) is 3.72. The van der Waals surface area contributed by atoms with Crippen LogP contribution in [0.25, 0.3) is 0 Å². The van der Waals surface area contributed by atoms with Crippen molar-refractivity contribution >= 4 is 28.3 Å². The summed E-state index contributed by atoms with van der Waals surface area (Å²) in [6, 6.07) is 5.12. The van der Waals surface area contributed by atoms with Crippen molar-refractivity contribution in [3.8, 4) is 0 Å². The molecule has 116 valence electrons. The van der Waals surface area contributed by atoms with E-state index in [0.29, 0.717) is 0 Å². The number of hydrogen-bond donors (Lipinski definition) is 1. The number of hydrogen-bond acceptors (Lipinski definition) is 6. The van der Waals surface area contributed by atoms with Crippen molar-refractivity contribution < 1.29 is 9.90 Å². The summed E-state index contributed by atoms with van der Waals surface area (Å²) in [7, 11) is 0. The summed E-state index contributed by atoms with van der Waals surface area (Å²) in [4.78, 5) is 25.4. The average molecular weight is 318 g/mol. The minimum Gasteiger partial charge on any atom is -0.477 e. The Bertz CT molecular complexity index is 665. The molecule has 0 unspecified atom stereocenters. The fourth-order valence-corrected chi connectivity index (χ4v) is 3.35. The molecule has 0 aromatic carbocycles. The number of anilines is 2. The lowest BCUT2D eigenvalue weighted by Crippen LogP contribution is -2.46. The van der Waals surface area contributed by atoms with Gasteiger partial charge in [-0.25, -0.2) is 14.8 Å². The van der Waals surface area contributed by atoms with Gasteiger partial charge in [0.05, 0.1) is 0 Å². The number of nitrogens with zero attached hydrogens (tertiary/aromatic N) is 4. The minimum absolute atomic E-state index is 0.0902. The van der Waals surface area contributed by atoms with Crippen molar-refractivity contribution in [1.82, 2.24) is 9.97 Å². The molecule has 3 heterocycles. The number of piperazine rings is 1. The number of aromatic nitrogens is 2. The fraction of sp³-hybridized carbons (Fsp3) is 0.400. The van der Waals surface area contributed by atoms with E-state index in [1.54, 1.807) is 17.4 Å². The van der Waals surface area contributed by atoms with Crippen LogP contribution in [-0.4, -0.2) is 47.2 Å². The molecule has 0 saturated carbocycles. The second-order valence-corrected chi connectivity index (χ2v) is 6.22. The monoisotopic (exact) mass is 318 g/mol. The third kappa shape index (κ3) is 3.04. The number of aromatic carboxylic acids is 1. The van der Waals surface area contributed by atoms with E-state index < -0.39 is 5.97 Å². The molecule has 1 fully saturated rings. The molecule has 1 aliphatic rings. The summed E-state index contributed by atoms with van der Waals surface area (Å²) < 4.78 is 0. The molecule has 2 aromatic rings. The summed E-state index contributed by atoms with van der Waals surface area (Å²) in [5, 5.41) is 10.1. The topological polar surface area (TPSA) is 69.6 Å². The van der Waals surface area contributed by atoms with E-state index in [1.807, 2.05) is 12.3 Å². The highest BCUT2D eigenvalue weighted by atomic mass is 32.1. The summed E-state index contributed by atoms with van der Waals surface area (Å²) in [5.74, 6) is -0.261. The van der Waals surface area contributed by atoms with Gasteiger partial charge in [0.2, 0.25) is 0 Å². The van der Waals surface area contributed by atoms with Crippen LogP contribution in [0.15, 0.2) is 24.4 Å². The van der Waals surface area contributed by atoms with E-state index in [2.05, 4.69) is 26.7 Å². The second kappa shape index (κ2) is 6.31. The van der Waals surface area contributed by atoms with E-state index in [0.717, 1.165) is 43.5 Å². The second-order valence-electron chi connectivity index (χ2n) is 5.12. The Morgan fingerprint density at radius 2 is 2.00 bits per heavy atom. The molecule has 1 saturated heterocycles. The lowest BCUT2D eigenvalue weighted by atomic mass is 10.3. The zero-order chi connectivity index (χ0) is 15.5. The smallest absolute Gasteiger partial charge is 0.354 e. The summed E-state index contributed by atoms with van der Waals surface area (Å²) in [5.41, 5.74) is 0.0902. The summed E-state index contributed by atoms with van der Waals surface area (Å²) in [6.07, 6.45) is 2.97. The van der Waals surface area contributed by atoms with Crippen molar-refractivity contribution in [3.63, 3.8) is 0 Å². The van der Waals surface area contributed by atoms with Gasteiger partial charge in [-0.2, -0.15) is 0 Å². The van der Waals surface area contributed by atoms with Crippen LogP contribution in [0.4, 0.5) is 10.9 Å². The Labute approximate surface area is 133 Å². The molecule has 2 aromatic heterocycles. The molecular weight excluding hydrogens is 300 g/mol. The quantitative estimate of drug-likeness (QED) is 0.931.